The number of hydrogen-bond acceptors (Lipinski definition) is 5. The Hall–Kier alpha value is -2.64. The number of carbonyl (C=O) groups excluding carboxylic acids is 2. The quantitative estimate of drug-likeness (QED) is 0.315. The Morgan fingerprint density at radius 1 is 0.909 bits per heavy atom. The van der Waals surface area contributed by atoms with E-state index in [4.69, 9.17) is 44.3 Å². The van der Waals surface area contributed by atoms with Crippen molar-refractivity contribution in [1.29, 1.82) is 0 Å². The molecule has 9 heteroatoms. The molecule has 4 rings (SSSR count). The number of imide groups is 1. The van der Waals surface area contributed by atoms with Crippen molar-refractivity contribution in [3.8, 4) is 11.5 Å². The molecule has 1 aliphatic heterocycles. The minimum Gasteiger partial charge on any atom is -0.495 e. The third-order valence-electron chi connectivity index (χ3n) is 4.75. The van der Waals surface area contributed by atoms with Crippen LogP contribution in [0.15, 0.2) is 65.6 Å². The molecule has 0 bridgehead atoms. The van der Waals surface area contributed by atoms with Crippen LogP contribution in [-0.2, 0) is 11.4 Å². The molecule has 0 atom stereocenters. The topological polar surface area (TPSA) is 55.8 Å². The van der Waals surface area contributed by atoms with Crippen LogP contribution in [0.5, 0.6) is 11.5 Å². The first-order valence-corrected chi connectivity index (χ1v) is 11.6. The fourth-order valence-corrected chi connectivity index (χ4v) is 4.55. The third kappa shape index (κ3) is 5.14. The van der Waals surface area contributed by atoms with Crippen LogP contribution >= 0.6 is 46.6 Å². The van der Waals surface area contributed by atoms with Crippen LogP contribution in [0, 0.1) is 0 Å². The van der Waals surface area contributed by atoms with E-state index >= 15 is 0 Å². The number of amides is 2. The van der Waals surface area contributed by atoms with Crippen LogP contribution in [0.2, 0.25) is 15.1 Å². The highest BCUT2D eigenvalue weighted by Crippen LogP contribution is 2.40. The van der Waals surface area contributed by atoms with Gasteiger partial charge in [0.15, 0.2) is 0 Å². The first-order chi connectivity index (χ1) is 15.9. The molecule has 1 heterocycles. The summed E-state index contributed by atoms with van der Waals surface area (Å²) in [6.45, 7) is 0.258. The second-order valence-corrected chi connectivity index (χ2v) is 9.13. The van der Waals surface area contributed by atoms with E-state index in [0.29, 0.717) is 37.8 Å². The number of rotatable bonds is 6. The van der Waals surface area contributed by atoms with Gasteiger partial charge in [0.1, 0.15) is 18.1 Å². The number of thioether (sulfide) groups is 1. The molecule has 0 saturated carbocycles. The molecule has 0 spiro atoms. The summed E-state index contributed by atoms with van der Waals surface area (Å²) in [6.07, 6.45) is 1.62. The van der Waals surface area contributed by atoms with Crippen LogP contribution < -0.4 is 14.4 Å². The van der Waals surface area contributed by atoms with Crippen molar-refractivity contribution < 1.29 is 19.1 Å². The van der Waals surface area contributed by atoms with Gasteiger partial charge in [0.2, 0.25) is 0 Å². The lowest BCUT2D eigenvalue weighted by atomic mass is 10.2. The Kier molecular flexibility index (Phi) is 7.20. The van der Waals surface area contributed by atoms with Crippen molar-refractivity contribution in [3.05, 3.63) is 91.8 Å². The van der Waals surface area contributed by atoms with Gasteiger partial charge >= 0.3 is 0 Å². The summed E-state index contributed by atoms with van der Waals surface area (Å²) in [5.74, 6) is 0.486. The van der Waals surface area contributed by atoms with Gasteiger partial charge in [-0.05, 0) is 65.4 Å². The van der Waals surface area contributed by atoms with Crippen LogP contribution in [0.4, 0.5) is 10.5 Å². The van der Waals surface area contributed by atoms with Gasteiger partial charge in [0, 0.05) is 0 Å². The van der Waals surface area contributed by atoms with Gasteiger partial charge in [-0.25, -0.2) is 4.90 Å². The minimum absolute atomic E-state index is 0.258. The van der Waals surface area contributed by atoms with Gasteiger partial charge in [-0.2, -0.15) is 0 Å². The standard InChI is InChI=1S/C24H16Cl3NO4S/c1-31-21-5-3-2-4-19(21)28-23(29)22(33-24(28)30)12-14-7-9-20(18(27)10-14)32-13-15-6-8-16(25)17(26)11-15/h2-12H,13H2,1H3/b22-12-. The van der Waals surface area contributed by atoms with Gasteiger partial charge in [-0.15, -0.1) is 0 Å². The molecule has 168 valence electrons. The fourth-order valence-electron chi connectivity index (χ4n) is 3.16. The summed E-state index contributed by atoms with van der Waals surface area (Å²) in [5, 5.41) is 0.885. The maximum Gasteiger partial charge on any atom is 0.298 e. The van der Waals surface area contributed by atoms with E-state index in [2.05, 4.69) is 0 Å². The molecule has 1 saturated heterocycles. The van der Waals surface area contributed by atoms with Gasteiger partial charge in [-0.3, -0.25) is 9.59 Å². The number of anilines is 1. The molecule has 1 fully saturated rings. The summed E-state index contributed by atoms with van der Waals surface area (Å²) in [6, 6.07) is 17.2. The molecule has 0 aliphatic carbocycles. The maximum atomic E-state index is 12.9. The predicted molar refractivity (Wildman–Crippen MR) is 134 cm³/mol. The predicted octanol–water partition coefficient (Wildman–Crippen LogP) is 7.48. The zero-order chi connectivity index (χ0) is 23.5. The summed E-state index contributed by atoms with van der Waals surface area (Å²) in [4.78, 5) is 26.9. The van der Waals surface area contributed by atoms with Crippen molar-refractivity contribution in [1.82, 2.24) is 0 Å². The van der Waals surface area contributed by atoms with Gasteiger partial charge in [-0.1, -0.05) is 59.1 Å². The number of carbonyl (C=O) groups is 2. The van der Waals surface area contributed by atoms with E-state index in [-0.39, 0.29) is 11.5 Å². The summed E-state index contributed by atoms with van der Waals surface area (Å²) in [7, 11) is 1.49. The molecule has 33 heavy (non-hydrogen) atoms. The summed E-state index contributed by atoms with van der Waals surface area (Å²) < 4.78 is 11.1. The first kappa shape index (κ1) is 23.5. The molecule has 0 N–H and O–H groups in total. The van der Waals surface area contributed by atoms with Crippen molar-refractivity contribution in [3.63, 3.8) is 0 Å². The second kappa shape index (κ2) is 10.1. The van der Waals surface area contributed by atoms with E-state index < -0.39 is 11.1 Å². The number of ether oxygens (including phenoxy) is 2. The zero-order valence-corrected chi connectivity index (χ0v) is 20.3. The number of para-hydroxylation sites is 2. The van der Waals surface area contributed by atoms with E-state index in [9.17, 15) is 9.59 Å². The Labute approximate surface area is 209 Å². The number of halogens is 3. The smallest absolute Gasteiger partial charge is 0.298 e. The van der Waals surface area contributed by atoms with Gasteiger partial charge in [0.25, 0.3) is 11.1 Å². The van der Waals surface area contributed by atoms with E-state index in [0.717, 1.165) is 22.2 Å². The summed E-state index contributed by atoms with van der Waals surface area (Å²) in [5.41, 5.74) is 1.90. The van der Waals surface area contributed by atoms with Crippen molar-refractivity contribution in [2.45, 2.75) is 6.61 Å². The molecule has 3 aromatic carbocycles. The van der Waals surface area contributed by atoms with E-state index in [1.165, 1.54) is 7.11 Å². The average molecular weight is 521 g/mol. The van der Waals surface area contributed by atoms with Crippen molar-refractivity contribution in [2.24, 2.45) is 0 Å². The Balaban J connectivity index is 1.51. The zero-order valence-electron chi connectivity index (χ0n) is 17.2. The highest BCUT2D eigenvalue weighted by Gasteiger charge is 2.37. The molecule has 0 radical (unpaired) electrons. The SMILES string of the molecule is COc1ccccc1N1C(=O)S/C(=C\c2ccc(OCc3ccc(Cl)c(Cl)c3)c(Cl)c2)C1=O. The molecule has 3 aromatic rings. The van der Waals surface area contributed by atoms with Crippen LogP contribution in [0.1, 0.15) is 11.1 Å². The second-order valence-electron chi connectivity index (χ2n) is 6.92. The third-order valence-corrected chi connectivity index (χ3v) is 6.66. The average Bonchev–Trinajstić information content (AvgIpc) is 3.08. The minimum atomic E-state index is -0.425. The van der Waals surface area contributed by atoms with Crippen LogP contribution in [-0.4, -0.2) is 18.3 Å². The van der Waals surface area contributed by atoms with Crippen molar-refractivity contribution >= 4 is 69.5 Å². The lowest BCUT2D eigenvalue weighted by Gasteiger charge is -2.15. The van der Waals surface area contributed by atoms with Crippen molar-refractivity contribution in [2.75, 3.05) is 12.0 Å². The normalized spacial score (nSPS) is 14.8. The van der Waals surface area contributed by atoms with E-state index in [1.807, 2.05) is 6.07 Å². The molecule has 2 amide bonds. The maximum absolute atomic E-state index is 12.9. The lowest BCUT2D eigenvalue weighted by molar-refractivity contribution is -0.113. The Morgan fingerprint density at radius 2 is 1.70 bits per heavy atom. The highest BCUT2D eigenvalue weighted by molar-refractivity contribution is 8.19. The number of methoxy groups -OCH3 is 1. The van der Waals surface area contributed by atoms with E-state index in [1.54, 1.807) is 60.7 Å². The first-order valence-electron chi connectivity index (χ1n) is 9.64. The largest absolute Gasteiger partial charge is 0.495 e. The van der Waals surface area contributed by atoms with Crippen LogP contribution in [0.3, 0.4) is 0 Å². The Bertz CT molecular complexity index is 1280. The van der Waals surface area contributed by atoms with Gasteiger partial charge < -0.3 is 9.47 Å². The lowest BCUT2D eigenvalue weighted by Crippen LogP contribution is -2.28. The number of benzene rings is 3. The fraction of sp³-hybridized carbons (Fsp3) is 0.0833. The molecular formula is C24H16Cl3NO4S. The molecule has 5 nitrogen and oxygen atoms in total. The highest BCUT2D eigenvalue weighted by atomic mass is 35.5. The monoisotopic (exact) mass is 519 g/mol. The number of nitrogens with zero attached hydrogens (tertiary/aromatic N) is 1. The molecule has 0 aromatic heterocycles. The number of hydrogen-bond donors (Lipinski definition) is 0. The van der Waals surface area contributed by atoms with Crippen LogP contribution in [0.25, 0.3) is 6.08 Å². The summed E-state index contributed by atoms with van der Waals surface area (Å²) >= 11 is 19.2. The molecule has 1 aliphatic rings. The Morgan fingerprint density at radius 3 is 2.42 bits per heavy atom. The molecule has 0 unspecified atom stereocenters. The van der Waals surface area contributed by atoms with Gasteiger partial charge in [0.05, 0.1) is 32.8 Å². The molecular weight excluding hydrogens is 505 g/mol.